The number of hydrogen-bond acceptors (Lipinski definition) is 5. The molecular formula is C26H27N3O4. The monoisotopic (exact) mass is 445 g/mol. The second-order valence-electron chi connectivity index (χ2n) is 8.06. The van der Waals surface area contributed by atoms with Gasteiger partial charge in [-0.3, -0.25) is 4.98 Å². The number of aromatic amines is 1. The number of aromatic nitrogens is 2. The van der Waals surface area contributed by atoms with E-state index in [2.05, 4.69) is 22.2 Å². The highest BCUT2D eigenvalue weighted by Crippen LogP contribution is 2.31. The maximum absolute atomic E-state index is 11.9. The van der Waals surface area contributed by atoms with Crippen molar-refractivity contribution in [2.24, 2.45) is 0 Å². The van der Waals surface area contributed by atoms with Gasteiger partial charge in [0.25, 0.3) is 0 Å². The van der Waals surface area contributed by atoms with Crippen molar-refractivity contribution in [1.29, 1.82) is 0 Å². The van der Waals surface area contributed by atoms with Gasteiger partial charge in [0, 0.05) is 47.7 Å². The van der Waals surface area contributed by atoms with Crippen LogP contribution in [0.25, 0.3) is 10.9 Å². The summed E-state index contributed by atoms with van der Waals surface area (Å²) >= 11 is 0. The van der Waals surface area contributed by atoms with Crippen molar-refractivity contribution in [3.05, 3.63) is 95.9 Å². The molecule has 0 aliphatic carbocycles. The normalized spacial score (nSPS) is 14.0. The molecule has 0 spiro atoms. The molecule has 33 heavy (non-hydrogen) atoms. The van der Waals surface area contributed by atoms with Gasteiger partial charge in [-0.15, -0.1) is 0 Å². The van der Waals surface area contributed by atoms with Gasteiger partial charge in [-0.2, -0.15) is 0 Å². The summed E-state index contributed by atoms with van der Waals surface area (Å²) in [6.45, 7) is 2.48. The van der Waals surface area contributed by atoms with E-state index in [-0.39, 0.29) is 6.04 Å². The number of pyridine rings is 1. The van der Waals surface area contributed by atoms with Crippen LogP contribution in [-0.2, 0) is 11.2 Å². The quantitative estimate of drug-likeness (QED) is 0.294. The van der Waals surface area contributed by atoms with E-state index in [0.29, 0.717) is 17.9 Å². The minimum absolute atomic E-state index is 0.107. The number of H-pyrrole nitrogens is 1. The first kappa shape index (κ1) is 22.5. The van der Waals surface area contributed by atoms with Gasteiger partial charge in [0.05, 0.1) is 11.6 Å². The Bertz CT molecular complexity index is 1190. The second kappa shape index (κ2) is 10.3. The molecule has 0 fully saturated rings. The Balaban J connectivity index is 1.46. The number of benzene rings is 2. The van der Waals surface area contributed by atoms with Crippen LogP contribution in [0.1, 0.15) is 35.8 Å². The predicted molar refractivity (Wildman–Crippen MR) is 126 cm³/mol. The maximum atomic E-state index is 11.9. The number of hydrogen-bond donors (Lipinski definition) is 4. The molecule has 0 aliphatic heterocycles. The maximum Gasteiger partial charge on any atom is 0.349 e. The van der Waals surface area contributed by atoms with Crippen molar-refractivity contribution < 1.29 is 19.7 Å². The number of carbonyl (C=O) groups is 1. The Hall–Kier alpha value is -3.68. The molecule has 0 bridgehead atoms. The Morgan fingerprint density at radius 3 is 2.61 bits per heavy atom. The zero-order chi connectivity index (χ0) is 23.2. The summed E-state index contributed by atoms with van der Waals surface area (Å²) in [6, 6.07) is 18.3. The lowest BCUT2D eigenvalue weighted by molar-refractivity contribution is -0.145. The lowest BCUT2D eigenvalue weighted by Gasteiger charge is -2.17. The average Bonchev–Trinajstić information content (AvgIpc) is 3.25. The van der Waals surface area contributed by atoms with Crippen molar-refractivity contribution in [1.82, 2.24) is 15.3 Å². The third kappa shape index (κ3) is 5.39. The highest BCUT2D eigenvalue weighted by molar-refractivity contribution is 5.89. The van der Waals surface area contributed by atoms with Gasteiger partial charge in [-0.1, -0.05) is 48.5 Å². The second-order valence-corrected chi connectivity index (χ2v) is 8.06. The number of carboxylic acids is 1. The largest absolute Gasteiger partial charge is 0.478 e. The molecule has 7 heteroatoms. The summed E-state index contributed by atoms with van der Waals surface area (Å²) in [5, 5.41) is 24.4. The van der Waals surface area contributed by atoms with Gasteiger partial charge in [0.1, 0.15) is 5.75 Å². The summed E-state index contributed by atoms with van der Waals surface area (Å²) in [5.74, 6) is -0.558. The molecule has 4 rings (SSSR count). The number of fused-ring (bicyclic) bond motifs is 1. The number of carboxylic acid groups (broad SMARTS) is 1. The Labute approximate surface area is 192 Å². The molecule has 2 aromatic heterocycles. The summed E-state index contributed by atoms with van der Waals surface area (Å²) in [4.78, 5) is 19.1. The molecule has 0 amide bonds. The zero-order valence-corrected chi connectivity index (χ0v) is 18.3. The topological polar surface area (TPSA) is 107 Å². The zero-order valence-electron chi connectivity index (χ0n) is 18.3. The minimum Gasteiger partial charge on any atom is -0.478 e. The first-order valence-corrected chi connectivity index (χ1v) is 10.9. The molecule has 4 aromatic rings. The van der Waals surface area contributed by atoms with Crippen molar-refractivity contribution in [2.45, 2.75) is 31.6 Å². The average molecular weight is 446 g/mol. The van der Waals surface area contributed by atoms with Crippen molar-refractivity contribution in [3.8, 4) is 5.75 Å². The van der Waals surface area contributed by atoms with E-state index in [1.807, 2.05) is 30.5 Å². The van der Waals surface area contributed by atoms with Gasteiger partial charge in [0.2, 0.25) is 6.10 Å². The van der Waals surface area contributed by atoms with Crippen LogP contribution in [0.3, 0.4) is 0 Å². The van der Waals surface area contributed by atoms with Crippen LogP contribution in [-0.4, -0.2) is 38.7 Å². The standard InChI is InChI=1S/C26H27N3O4/c1-17(28-16-22(30)19-9-6-12-27-14-19)13-20-15-29-24-21(20)10-5-11-23(24)33-25(26(31)32)18-7-3-2-4-8-18/h2-12,14-15,17,22,25,28-30H,13,16H2,1H3,(H,31,32)/t17-,22-,25+/m1/s1. The number of aliphatic hydroxyl groups is 1. The molecule has 4 N–H and O–H groups in total. The van der Waals surface area contributed by atoms with Gasteiger partial charge in [-0.05, 0) is 31.0 Å². The molecule has 0 saturated carbocycles. The van der Waals surface area contributed by atoms with E-state index < -0.39 is 18.2 Å². The first-order valence-electron chi connectivity index (χ1n) is 10.9. The van der Waals surface area contributed by atoms with Crippen LogP contribution in [0.4, 0.5) is 0 Å². The lowest BCUT2D eigenvalue weighted by Crippen LogP contribution is -2.32. The summed E-state index contributed by atoms with van der Waals surface area (Å²) in [5.41, 5.74) is 3.20. The number of para-hydroxylation sites is 1. The molecule has 2 heterocycles. The number of nitrogens with one attached hydrogen (secondary N) is 2. The van der Waals surface area contributed by atoms with Gasteiger partial charge in [-0.25, -0.2) is 4.79 Å². The molecule has 0 radical (unpaired) electrons. The smallest absolute Gasteiger partial charge is 0.349 e. The van der Waals surface area contributed by atoms with E-state index in [4.69, 9.17) is 4.74 Å². The van der Waals surface area contributed by atoms with E-state index in [0.717, 1.165) is 28.5 Å². The molecule has 7 nitrogen and oxygen atoms in total. The van der Waals surface area contributed by atoms with Gasteiger partial charge < -0.3 is 25.3 Å². The molecule has 0 unspecified atom stereocenters. The Morgan fingerprint density at radius 1 is 1.09 bits per heavy atom. The van der Waals surface area contributed by atoms with Crippen molar-refractivity contribution in [2.75, 3.05) is 6.54 Å². The summed E-state index contributed by atoms with van der Waals surface area (Å²) in [6.07, 6.45) is 4.27. The van der Waals surface area contributed by atoms with E-state index in [9.17, 15) is 15.0 Å². The number of aliphatic hydroxyl groups excluding tert-OH is 1. The van der Waals surface area contributed by atoms with Gasteiger partial charge in [0.15, 0.2) is 0 Å². The Morgan fingerprint density at radius 2 is 1.88 bits per heavy atom. The third-order valence-electron chi connectivity index (χ3n) is 5.59. The predicted octanol–water partition coefficient (Wildman–Crippen LogP) is 4.02. The number of rotatable bonds is 10. The third-order valence-corrected chi connectivity index (χ3v) is 5.59. The van der Waals surface area contributed by atoms with Crippen LogP contribution in [0.15, 0.2) is 79.3 Å². The SMILES string of the molecule is C[C@H](Cc1c[nH]c2c(O[C@H](C(=O)O)c3ccccc3)cccc12)NC[C@@H](O)c1cccnc1. The van der Waals surface area contributed by atoms with Crippen LogP contribution >= 0.6 is 0 Å². The van der Waals surface area contributed by atoms with Crippen LogP contribution in [0.5, 0.6) is 5.75 Å². The van der Waals surface area contributed by atoms with Crippen LogP contribution in [0.2, 0.25) is 0 Å². The number of nitrogens with zero attached hydrogens (tertiary/aromatic N) is 1. The van der Waals surface area contributed by atoms with Crippen LogP contribution in [0, 0.1) is 0 Å². The summed E-state index contributed by atoms with van der Waals surface area (Å²) < 4.78 is 5.94. The molecule has 2 aromatic carbocycles. The van der Waals surface area contributed by atoms with E-state index in [1.54, 1.807) is 48.8 Å². The van der Waals surface area contributed by atoms with Crippen LogP contribution < -0.4 is 10.1 Å². The molecule has 170 valence electrons. The number of ether oxygens (including phenoxy) is 1. The van der Waals surface area contributed by atoms with E-state index in [1.165, 1.54) is 0 Å². The number of aliphatic carboxylic acids is 1. The highest BCUT2D eigenvalue weighted by Gasteiger charge is 2.23. The molecular weight excluding hydrogens is 418 g/mol. The highest BCUT2D eigenvalue weighted by atomic mass is 16.5. The molecule has 0 saturated heterocycles. The van der Waals surface area contributed by atoms with E-state index >= 15 is 0 Å². The van der Waals surface area contributed by atoms with Gasteiger partial charge >= 0.3 is 5.97 Å². The minimum atomic E-state index is -1.10. The Kier molecular flexibility index (Phi) is 7.02. The fourth-order valence-electron chi connectivity index (χ4n) is 3.87. The molecule has 0 aliphatic rings. The fraction of sp³-hybridized carbons (Fsp3) is 0.231. The fourth-order valence-corrected chi connectivity index (χ4v) is 3.87. The summed E-state index contributed by atoms with van der Waals surface area (Å²) in [7, 11) is 0. The van der Waals surface area contributed by atoms with Crippen molar-refractivity contribution >= 4 is 16.9 Å². The first-order chi connectivity index (χ1) is 16.0. The van der Waals surface area contributed by atoms with Crippen molar-refractivity contribution in [3.63, 3.8) is 0 Å². The molecule has 3 atom stereocenters. The lowest BCUT2D eigenvalue weighted by atomic mass is 10.0.